The molecule has 1 aliphatic carbocycles. The summed E-state index contributed by atoms with van der Waals surface area (Å²) in [5, 5.41) is 0. The Morgan fingerprint density at radius 2 is 2.08 bits per heavy atom. The molecule has 74 valence electrons. The second-order valence-corrected chi connectivity index (χ2v) is 4.26. The van der Waals surface area contributed by atoms with Gasteiger partial charge in [0.25, 0.3) is 0 Å². The Labute approximate surface area is 80.0 Å². The summed E-state index contributed by atoms with van der Waals surface area (Å²) < 4.78 is 5.32. The Hall–Kier alpha value is -0.790. The minimum atomic E-state index is -0.294. The van der Waals surface area contributed by atoms with Crippen molar-refractivity contribution in [3.8, 4) is 0 Å². The van der Waals surface area contributed by atoms with Gasteiger partial charge in [-0.2, -0.15) is 0 Å². The van der Waals surface area contributed by atoms with E-state index in [0.717, 1.165) is 31.6 Å². The summed E-state index contributed by atoms with van der Waals surface area (Å²) in [7, 11) is 0. The highest BCUT2D eigenvalue weighted by molar-refractivity contribution is 5.81. The third kappa shape index (κ3) is 2.87. The molecule has 1 rings (SSSR count). The zero-order valence-corrected chi connectivity index (χ0v) is 8.51. The van der Waals surface area contributed by atoms with Crippen molar-refractivity contribution in [2.45, 2.75) is 45.1 Å². The van der Waals surface area contributed by atoms with E-state index in [1.807, 2.05) is 6.92 Å². The molecule has 0 N–H and O–H groups in total. The largest absolute Gasteiger partial charge is 0.456 e. The smallest absolute Gasteiger partial charge is 0.330 e. The molecule has 0 atom stereocenters. The topological polar surface area (TPSA) is 26.3 Å². The van der Waals surface area contributed by atoms with Crippen molar-refractivity contribution in [2.24, 2.45) is 5.92 Å². The van der Waals surface area contributed by atoms with Crippen molar-refractivity contribution in [1.29, 1.82) is 0 Å². The van der Waals surface area contributed by atoms with Crippen LogP contribution < -0.4 is 0 Å². The third-order valence-electron chi connectivity index (χ3n) is 2.85. The highest BCUT2D eigenvalue weighted by Gasteiger charge is 2.32. The van der Waals surface area contributed by atoms with E-state index in [9.17, 15) is 4.79 Å². The predicted molar refractivity (Wildman–Crippen MR) is 52.3 cm³/mol. The van der Waals surface area contributed by atoms with Crippen LogP contribution in [0.4, 0.5) is 0 Å². The maximum absolute atomic E-state index is 11.0. The van der Waals surface area contributed by atoms with Gasteiger partial charge < -0.3 is 4.74 Å². The second-order valence-electron chi connectivity index (χ2n) is 4.26. The summed E-state index contributed by atoms with van der Waals surface area (Å²) in [6.07, 6.45) is 5.51. The maximum atomic E-state index is 11.0. The van der Waals surface area contributed by atoms with Gasteiger partial charge in [-0.15, -0.1) is 0 Å². The van der Waals surface area contributed by atoms with Crippen LogP contribution in [0.2, 0.25) is 0 Å². The Balaban J connectivity index is 2.47. The number of carbonyl (C=O) groups excluding carboxylic acids is 1. The lowest BCUT2D eigenvalue weighted by Gasteiger charge is -2.35. The number of hydrogen-bond donors (Lipinski definition) is 0. The Morgan fingerprint density at radius 1 is 1.54 bits per heavy atom. The number of esters is 1. The van der Waals surface area contributed by atoms with Crippen LogP contribution in [0.1, 0.15) is 39.5 Å². The molecule has 0 heterocycles. The molecule has 1 saturated carbocycles. The van der Waals surface area contributed by atoms with Crippen LogP contribution in [-0.2, 0) is 9.53 Å². The molecule has 2 nitrogen and oxygen atoms in total. The average molecular weight is 182 g/mol. The zero-order valence-electron chi connectivity index (χ0n) is 8.51. The molecule has 0 aromatic carbocycles. The first-order valence-electron chi connectivity index (χ1n) is 4.91. The quantitative estimate of drug-likeness (QED) is 0.485. The molecule has 0 radical (unpaired) electrons. The normalized spacial score (nSPS) is 33.8. The van der Waals surface area contributed by atoms with E-state index in [4.69, 9.17) is 4.74 Å². The summed E-state index contributed by atoms with van der Waals surface area (Å²) in [5.41, 5.74) is -0.238. The van der Waals surface area contributed by atoms with Gasteiger partial charge in [0.15, 0.2) is 0 Å². The molecule has 13 heavy (non-hydrogen) atoms. The van der Waals surface area contributed by atoms with Crippen LogP contribution in [-0.4, -0.2) is 11.6 Å². The predicted octanol–water partition coefficient (Wildman–Crippen LogP) is 2.68. The third-order valence-corrected chi connectivity index (χ3v) is 2.85. The number of rotatable bonds is 2. The van der Waals surface area contributed by atoms with E-state index in [2.05, 4.69) is 13.5 Å². The van der Waals surface area contributed by atoms with Crippen LogP contribution in [0, 0.1) is 5.92 Å². The number of ether oxygens (including phenoxy) is 1. The molecule has 0 bridgehead atoms. The van der Waals surface area contributed by atoms with E-state index >= 15 is 0 Å². The summed E-state index contributed by atoms with van der Waals surface area (Å²) in [5.74, 6) is 0.479. The molecule has 0 saturated heterocycles. The molecule has 0 spiro atoms. The van der Waals surface area contributed by atoms with Crippen molar-refractivity contribution >= 4 is 5.97 Å². The SMILES string of the molecule is C=CC(=O)OC1(C)CCC(C)CC1. The van der Waals surface area contributed by atoms with Crippen molar-refractivity contribution in [2.75, 3.05) is 0 Å². The standard InChI is InChI=1S/C11H18O2/c1-4-10(12)13-11(3)7-5-9(2)6-8-11/h4,9H,1,5-8H2,2-3H3. The average Bonchev–Trinajstić information content (AvgIpc) is 2.10. The minimum absolute atomic E-state index is 0.238. The van der Waals surface area contributed by atoms with Gasteiger partial charge in [-0.05, 0) is 38.5 Å². The lowest BCUT2D eigenvalue weighted by Crippen LogP contribution is -2.35. The minimum Gasteiger partial charge on any atom is -0.456 e. The Bertz CT molecular complexity index is 200. The second kappa shape index (κ2) is 3.95. The van der Waals surface area contributed by atoms with Gasteiger partial charge in [0.05, 0.1) is 0 Å². The maximum Gasteiger partial charge on any atom is 0.330 e. The fraction of sp³-hybridized carbons (Fsp3) is 0.727. The molecular formula is C11H18O2. The van der Waals surface area contributed by atoms with Gasteiger partial charge in [-0.1, -0.05) is 13.5 Å². The van der Waals surface area contributed by atoms with Gasteiger partial charge in [0.2, 0.25) is 0 Å². The molecule has 1 aliphatic rings. The van der Waals surface area contributed by atoms with Gasteiger partial charge in [-0.25, -0.2) is 4.79 Å². The number of carbonyl (C=O) groups is 1. The van der Waals surface area contributed by atoms with Crippen LogP contribution in [0.15, 0.2) is 12.7 Å². The van der Waals surface area contributed by atoms with Crippen molar-refractivity contribution in [3.63, 3.8) is 0 Å². The molecular weight excluding hydrogens is 164 g/mol. The van der Waals surface area contributed by atoms with E-state index in [-0.39, 0.29) is 11.6 Å². The molecule has 1 fully saturated rings. The number of hydrogen-bond acceptors (Lipinski definition) is 2. The van der Waals surface area contributed by atoms with Crippen LogP contribution in [0.5, 0.6) is 0 Å². The fourth-order valence-electron chi connectivity index (χ4n) is 1.76. The van der Waals surface area contributed by atoms with E-state index in [1.54, 1.807) is 0 Å². The summed E-state index contributed by atoms with van der Waals surface area (Å²) in [4.78, 5) is 11.0. The molecule has 2 heteroatoms. The van der Waals surface area contributed by atoms with Gasteiger partial charge >= 0.3 is 5.97 Å². The van der Waals surface area contributed by atoms with Crippen molar-refractivity contribution < 1.29 is 9.53 Å². The lowest BCUT2D eigenvalue weighted by atomic mass is 9.81. The van der Waals surface area contributed by atoms with Crippen LogP contribution >= 0.6 is 0 Å². The van der Waals surface area contributed by atoms with Crippen LogP contribution in [0.3, 0.4) is 0 Å². The summed E-state index contributed by atoms with van der Waals surface area (Å²) in [6, 6.07) is 0. The Morgan fingerprint density at radius 3 is 2.54 bits per heavy atom. The monoisotopic (exact) mass is 182 g/mol. The summed E-state index contributed by atoms with van der Waals surface area (Å²) in [6.45, 7) is 7.66. The van der Waals surface area contributed by atoms with Gasteiger partial charge in [0.1, 0.15) is 5.60 Å². The van der Waals surface area contributed by atoms with Crippen molar-refractivity contribution in [1.82, 2.24) is 0 Å². The fourth-order valence-corrected chi connectivity index (χ4v) is 1.76. The zero-order chi connectivity index (χ0) is 9.90. The van der Waals surface area contributed by atoms with Crippen molar-refractivity contribution in [3.05, 3.63) is 12.7 Å². The highest BCUT2D eigenvalue weighted by Crippen LogP contribution is 2.34. The summed E-state index contributed by atoms with van der Waals surface area (Å²) >= 11 is 0. The first-order chi connectivity index (χ1) is 6.06. The molecule has 0 aromatic heterocycles. The lowest BCUT2D eigenvalue weighted by molar-refractivity contribution is -0.155. The highest BCUT2D eigenvalue weighted by atomic mass is 16.6. The first-order valence-corrected chi connectivity index (χ1v) is 4.91. The first kappa shape index (κ1) is 10.3. The molecule has 0 amide bonds. The van der Waals surface area contributed by atoms with E-state index < -0.39 is 0 Å². The van der Waals surface area contributed by atoms with Gasteiger partial charge in [0, 0.05) is 6.08 Å². The Kier molecular flexibility index (Phi) is 3.12. The molecule has 0 unspecified atom stereocenters. The van der Waals surface area contributed by atoms with E-state index in [1.165, 1.54) is 6.08 Å². The van der Waals surface area contributed by atoms with Crippen LogP contribution in [0.25, 0.3) is 0 Å². The van der Waals surface area contributed by atoms with Gasteiger partial charge in [-0.3, -0.25) is 0 Å². The van der Waals surface area contributed by atoms with E-state index in [0.29, 0.717) is 0 Å². The molecule has 0 aromatic rings. The molecule has 0 aliphatic heterocycles.